The monoisotopic (exact) mass is 296 g/mol. The topological polar surface area (TPSA) is 41.8 Å². The molecule has 0 aliphatic carbocycles. The number of rotatable bonds is 5. The molecule has 0 aliphatic rings. The van der Waals surface area contributed by atoms with Crippen LogP contribution in [0.1, 0.15) is 29.3 Å². The molecular formula is C15H15F3N2O. The maximum absolute atomic E-state index is 12.6. The van der Waals surface area contributed by atoms with Crippen molar-refractivity contribution in [3.63, 3.8) is 0 Å². The number of nitrogens with zero attached hydrogens (tertiary/aromatic N) is 2. The van der Waals surface area contributed by atoms with Crippen molar-refractivity contribution in [3.8, 4) is 0 Å². The summed E-state index contributed by atoms with van der Waals surface area (Å²) in [6, 6.07) is 6.82. The van der Waals surface area contributed by atoms with Gasteiger partial charge in [0.25, 0.3) is 0 Å². The molecule has 0 amide bonds. The van der Waals surface area contributed by atoms with E-state index in [1.165, 1.54) is 6.92 Å². The van der Waals surface area contributed by atoms with Gasteiger partial charge < -0.3 is 0 Å². The van der Waals surface area contributed by atoms with E-state index in [0.717, 1.165) is 11.6 Å². The molecule has 1 aromatic carbocycles. The lowest BCUT2D eigenvalue weighted by atomic mass is 10.1. The van der Waals surface area contributed by atoms with Crippen molar-refractivity contribution < 1.29 is 18.0 Å². The number of aliphatic imine (C=N–C) groups is 2. The number of alkyl halides is 3. The van der Waals surface area contributed by atoms with E-state index >= 15 is 0 Å². The molecule has 0 unspecified atom stereocenters. The third-order valence-corrected chi connectivity index (χ3v) is 2.72. The summed E-state index contributed by atoms with van der Waals surface area (Å²) in [5.74, 6) is 0.0110. The Bertz CT molecular complexity index is 575. The van der Waals surface area contributed by atoms with Gasteiger partial charge in [-0.2, -0.15) is 13.2 Å². The first-order chi connectivity index (χ1) is 9.90. The number of hydrogen-bond acceptors (Lipinski definition) is 2. The molecule has 1 aromatic rings. The van der Waals surface area contributed by atoms with Crippen LogP contribution in [0.25, 0.3) is 0 Å². The fourth-order valence-corrected chi connectivity index (χ4v) is 1.68. The number of benzene rings is 1. The number of carbonyl (C=O) groups is 1. The Labute approximate surface area is 120 Å². The SMILES string of the molecule is C=N/C(CCc1cccc(C=O)c1)=N\C(=C/C)C(F)(F)F. The van der Waals surface area contributed by atoms with Crippen LogP contribution in [0.5, 0.6) is 0 Å². The van der Waals surface area contributed by atoms with E-state index in [1.54, 1.807) is 24.3 Å². The quantitative estimate of drug-likeness (QED) is 0.460. The molecule has 0 saturated carbocycles. The average molecular weight is 296 g/mol. The van der Waals surface area contributed by atoms with Crippen molar-refractivity contribution in [2.75, 3.05) is 0 Å². The zero-order valence-corrected chi connectivity index (χ0v) is 11.5. The van der Waals surface area contributed by atoms with Gasteiger partial charge in [-0.1, -0.05) is 24.3 Å². The minimum absolute atomic E-state index is 0.0110. The number of halogens is 3. The first-order valence-electron chi connectivity index (χ1n) is 6.22. The maximum atomic E-state index is 12.6. The number of amidine groups is 1. The highest BCUT2D eigenvalue weighted by Gasteiger charge is 2.33. The number of aryl methyl sites for hydroxylation is 1. The smallest absolute Gasteiger partial charge is 0.298 e. The largest absolute Gasteiger partial charge is 0.433 e. The lowest BCUT2D eigenvalue weighted by Gasteiger charge is -2.08. The molecule has 0 heterocycles. The molecular weight excluding hydrogens is 281 g/mol. The van der Waals surface area contributed by atoms with Gasteiger partial charge >= 0.3 is 6.18 Å². The first-order valence-corrected chi connectivity index (χ1v) is 6.22. The van der Waals surface area contributed by atoms with E-state index in [4.69, 9.17) is 0 Å². The zero-order chi connectivity index (χ0) is 15.9. The van der Waals surface area contributed by atoms with Gasteiger partial charge in [-0.3, -0.25) is 4.79 Å². The molecule has 1 rings (SSSR count). The summed E-state index contributed by atoms with van der Waals surface area (Å²) in [7, 11) is 0. The second kappa shape index (κ2) is 7.52. The molecule has 0 aliphatic heterocycles. The van der Waals surface area contributed by atoms with Gasteiger partial charge in [0.2, 0.25) is 0 Å². The van der Waals surface area contributed by atoms with Gasteiger partial charge in [-0.25, -0.2) is 9.98 Å². The predicted molar refractivity (Wildman–Crippen MR) is 76.9 cm³/mol. The van der Waals surface area contributed by atoms with Crippen LogP contribution in [0.15, 0.2) is 46.0 Å². The van der Waals surface area contributed by atoms with Crippen molar-refractivity contribution in [2.45, 2.75) is 25.9 Å². The van der Waals surface area contributed by atoms with Crippen LogP contribution >= 0.6 is 0 Å². The minimum atomic E-state index is -4.51. The Morgan fingerprint density at radius 1 is 1.38 bits per heavy atom. The van der Waals surface area contributed by atoms with E-state index < -0.39 is 11.9 Å². The van der Waals surface area contributed by atoms with E-state index in [1.807, 2.05) is 0 Å². The number of aldehydes is 1. The van der Waals surface area contributed by atoms with E-state index in [2.05, 4.69) is 16.7 Å². The van der Waals surface area contributed by atoms with Gasteiger partial charge in [-0.05, 0) is 31.7 Å². The molecule has 6 heteroatoms. The summed E-state index contributed by atoms with van der Waals surface area (Å²) in [6.45, 7) is 4.51. The van der Waals surface area contributed by atoms with Crippen LogP contribution in [0.4, 0.5) is 13.2 Å². The van der Waals surface area contributed by atoms with Crippen LogP contribution < -0.4 is 0 Å². The second-order valence-corrected chi connectivity index (χ2v) is 4.22. The zero-order valence-electron chi connectivity index (χ0n) is 11.5. The number of carbonyl (C=O) groups excluding carboxylic acids is 1. The highest BCUT2D eigenvalue weighted by atomic mass is 19.4. The summed E-state index contributed by atoms with van der Waals surface area (Å²) in [6.07, 6.45) is -2.28. The van der Waals surface area contributed by atoms with Crippen molar-refractivity contribution in [3.05, 3.63) is 47.2 Å². The molecule has 0 fully saturated rings. The van der Waals surface area contributed by atoms with Crippen LogP contribution in [0.3, 0.4) is 0 Å². The van der Waals surface area contributed by atoms with Crippen LogP contribution in [0, 0.1) is 0 Å². The van der Waals surface area contributed by atoms with E-state index in [0.29, 0.717) is 18.3 Å². The molecule has 0 aromatic heterocycles. The molecule has 0 N–H and O–H groups in total. The van der Waals surface area contributed by atoms with E-state index in [9.17, 15) is 18.0 Å². The molecule has 3 nitrogen and oxygen atoms in total. The summed E-state index contributed by atoms with van der Waals surface area (Å²) in [4.78, 5) is 17.7. The first kappa shape index (κ1) is 16.8. The van der Waals surface area contributed by atoms with Crippen molar-refractivity contribution in [2.24, 2.45) is 9.98 Å². The Morgan fingerprint density at radius 2 is 2.10 bits per heavy atom. The molecule has 0 spiro atoms. The fraction of sp³-hybridized carbons (Fsp3) is 0.267. The fourth-order valence-electron chi connectivity index (χ4n) is 1.68. The third kappa shape index (κ3) is 5.33. The Hall–Kier alpha value is -2.24. The Morgan fingerprint density at radius 3 is 2.62 bits per heavy atom. The highest BCUT2D eigenvalue weighted by molar-refractivity contribution is 5.87. The Kier molecular flexibility index (Phi) is 6.02. The van der Waals surface area contributed by atoms with Crippen molar-refractivity contribution >= 4 is 18.8 Å². The maximum Gasteiger partial charge on any atom is 0.433 e. The average Bonchev–Trinajstić information content (AvgIpc) is 2.46. The lowest BCUT2D eigenvalue weighted by Crippen LogP contribution is -2.12. The standard InChI is InChI=1S/C15H15F3N2O/c1-3-13(15(16,17)18)20-14(19-2)8-7-11-5-4-6-12(9-11)10-21/h3-6,9-10H,2,7-8H2,1H3/b13-3-,20-14-. The van der Waals surface area contributed by atoms with Crippen molar-refractivity contribution in [1.29, 1.82) is 0 Å². The van der Waals surface area contributed by atoms with Gasteiger partial charge in [0, 0.05) is 12.0 Å². The molecule has 21 heavy (non-hydrogen) atoms. The Balaban J connectivity index is 2.83. The van der Waals surface area contributed by atoms with Crippen LogP contribution in [-0.4, -0.2) is 25.0 Å². The lowest BCUT2D eigenvalue weighted by molar-refractivity contribution is -0.0924. The summed E-state index contributed by atoms with van der Waals surface area (Å²) >= 11 is 0. The molecule has 112 valence electrons. The number of hydrogen-bond donors (Lipinski definition) is 0. The van der Waals surface area contributed by atoms with Gasteiger partial charge in [0.05, 0.1) is 0 Å². The summed E-state index contributed by atoms with van der Waals surface area (Å²) in [5, 5.41) is 0. The van der Waals surface area contributed by atoms with Crippen molar-refractivity contribution in [1.82, 2.24) is 0 Å². The minimum Gasteiger partial charge on any atom is -0.298 e. The number of allylic oxidation sites excluding steroid dienone is 2. The van der Waals surface area contributed by atoms with E-state index in [-0.39, 0.29) is 12.3 Å². The molecule has 0 radical (unpaired) electrons. The van der Waals surface area contributed by atoms with Gasteiger partial charge in [0.1, 0.15) is 17.8 Å². The highest BCUT2D eigenvalue weighted by Crippen LogP contribution is 2.26. The van der Waals surface area contributed by atoms with Crippen LogP contribution in [-0.2, 0) is 6.42 Å². The van der Waals surface area contributed by atoms with Gasteiger partial charge in [0.15, 0.2) is 0 Å². The summed E-state index contributed by atoms with van der Waals surface area (Å²) in [5.41, 5.74) is 0.346. The molecule has 0 bridgehead atoms. The molecule has 0 atom stereocenters. The van der Waals surface area contributed by atoms with Crippen LogP contribution in [0.2, 0.25) is 0 Å². The molecule has 0 saturated heterocycles. The second-order valence-electron chi connectivity index (χ2n) is 4.22. The third-order valence-electron chi connectivity index (χ3n) is 2.72. The van der Waals surface area contributed by atoms with Gasteiger partial charge in [-0.15, -0.1) is 0 Å². The predicted octanol–water partition coefficient (Wildman–Crippen LogP) is 4.00. The summed E-state index contributed by atoms with van der Waals surface area (Å²) < 4.78 is 37.8. The normalized spacial score (nSPS) is 13.1.